The number of anilines is 1. The summed E-state index contributed by atoms with van der Waals surface area (Å²) in [5, 5.41) is 14.2. The summed E-state index contributed by atoms with van der Waals surface area (Å²) in [6.45, 7) is 2.52. The molecule has 0 bridgehead atoms. The maximum atomic E-state index is 12.5. The highest BCUT2D eigenvalue weighted by Crippen LogP contribution is 2.38. The quantitative estimate of drug-likeness (QED) is 0.169. The summed E-state index contributed by atoms with van der Waals surface area (Å²) in [7, 11) is 1.41. The van der Waals surface area contributed by atoms with Gasteiger partial charge in [0.05, 0.1) is 28.8 Å². The number of nitrogens with one attached hydrogen (secondary N) is 1. The first-order valence-electron chi connectivity index (χ1n) is 10.5. The number of nitrogens with zero attached hydrogens (tertiary/aromatic N) is 1. The molecule has 0 fully saturated rings. The van der Waals surface area contributed by atoms with Gasteiger partial charge in [-0.3, -0.25) is 14.9 Å². The van der Waals surface area contributed by atoms with Gasteiger partial charge < -0.3 is 19.5 Å². The number of amides is 1. The van der Waals surface area contributed by atoms with Crippen LogP contribution in [0.1, 0.15) is 18.1 Å². The van der Waals surface area contributed by atoms with Crippen molar-refractivity contribution in [2.24, 2.45) is 0 Å². The molecule has 0 heterocycles. The molecule has 3 aromatic carbocycles. The molecule has 35 heavy (non-hydrogen) atoms. The second-order valence-electron chi connectivity index (χ2n) is 7.11. The molecular weight excluding hydrogens is 540 g/mol. The van der Waals surface area contributed by atoms with Crippen molar-refractivity contribution in [3.8, 4) is 17.2 Å². The van der Waals surface area contributed by atoms with Gasteiger partial charge in [0.1, 0.15) is 12.4 Å². The number of rotatable bonds is 10. The molecule has 10 heteroatoms. The summed E-state index contributed by atoms with van der Waals surface area (Å²) in [4.78, 5) is 23.0. The van der Waals surface area contributed by atoms with Gasteiger partial charge in [-0.05, 0) is 58.8 Å². The number of hydrogen-bond donors (Lipinski definition) is 1. The molecule has 0 saturated heterocycles. The third-order valence-corrected chi connectivity index (χ3v) is 5.70. The van der Waals surface area contributed by atoms with Crippen LogP contribution in [0.4, 0.5) is 11.4 Å². The number of carbonyl (C=O) groups is 1. The van der Waals surface area contributed by atoms with Crippen LogP contribution < -0.4 is 19.5 Å². The zero-order valence-electron chi connectivity index (χ0n) is 18.9. The highest BCUT2D eigenvalue weighted by molar-refractivity contribution is 9.10. The third kappa shape index (κ3) is 6.97. The van der Waals surface area contributed by atoms with Crippen molar-refractivity contribution in [3.05, 3.63) is 91.4 Å². The minimum absolute atomic E-state index is 0.164. The van der Waals surface area contributed by atoms with Crippen LogP contribution in [-0.4, -0.2) is 24.5 Å². The molecule has 3 rings (SSSR count). The van der Waals surface area contributed by atoms with Crippen LogP contribution in [0.5, 0.6) is 17.2 Å². The van der Waals surface area contributed by atoms with Crippen molar-refractivity contribution in [2.45, 2.75) is 13.5 Å². The van der Waals surface area contributed by atoms with Gasteiger partial charge in [0.15, 0.2) is 11.5 Å². The maximum Gasteiger partial charge on any atom is 0.271 e. The van der Waals surface area contributed by atoms with Crippen molar-refractivity contribution in [1.82, 2.24) is 0 Å². The smallest absolute Gasteiger partial charge is 0.271 e. The molecule has 0 radical (unpaired) electrons. The minimum Gasteiger partial charge on any atom is -0.495 e. The van der Waals surface area contributed by atoms with Crippen molar-refractivity contribution in [2.75, 3.05) is 19.0 Å². The Kier molecular flexibility index (Phi) is 9.11. The number of benzene rings is 3. The summed E-state index contributed by atoms with van der Waals surface area (Å²) < 4.78 is 17.5. The topological polar surface area (TPSA) is 99.9 Å². The predicted molar refractivity (Wildman–Crippen MR) is 138 cm³/mol. The summed E-state index contributed by atoms with van der Waals surface area (Å²) in [6, 6.07) is 14.9. The van der Waals surface area contributed by atoms with Crippen LogP contribution in [0.15, 0.2) is 65.1 Å². The predicted octanol–water partition coefficient (Wildman–Crippen LogP) is 6.65. The minimum atomic E-state index is -0.549. The Labute approximate surface area is 215 Å². The Morgan fingerprint density at radius 2 is 1.91 bits per heavy atom. The van der Waals surface area contributed by atoms with E-state index in [0.29, 0.717) is 38.9 Å². The average molecular weight is 562 g/mol. The first-order valence-corrected chi connectivity index (χ1v) is 11.6. The Hall–Kier alpha value is -3.56. The first kappa shape index (κ1) is 26.1. The van der Waals surface area contributed by atoms with Crippen LogP contribution >= 0.6 is 27.5 Å². The van der Waals surface area contributed by atoms with E-state index in [1.54, 1.807) is 24.3 Å². The Morgan fingerprint density at radius 1 is 1.14 bits per heavy atom. The van der Waals surface area contributed by atoms with Gasteiger partial charge >= 0.3 is 0 Å². The van der Waals surface area contributed by atoms with Crippen LogP contribution in [0.3, 0.4) is 0 Å². The van der Waals surface area contributed by atoms with Gasteiger partial charge in [-0.25, -0.2) is 0 Å². The van der Waals surface area contributed by atoms with Gasteiger partial charge in [0.25, 0.3) is 5.69 Å². The van der Waals surface area contributed by atoms with E-state index in [1.807, 2.05) is 25.1 Å². The first-order chi connectivity index (χ1) is 16.8. The molecule has 1 amide bonds. The molecule has 1 N–H and O–H groups in total. The van der Waals surface area contributed by atoms with Crippen LogP contribution in [0.2, 0.25) is 5.02 Å². The fourth-order valence-electron chi connectivity index (χ4n) is 3.11. The molecule has 0 aliphatic heterocycles. The van der Waals surface area contributed by atoms with Crippen LogP contribution in [0, 0.1) is 10.1 Å². The molecule has 182 valence electrons. The SMILES string of the molecule is CCOc1cc(/C=C/C(=O)Nc2cc([N+](=O)[O-])ccc2OC)cc(Br)c1OCc1ccccc1Cl. The average Bonchev–Trinajstić information content (AvgIpc) is 2.83. The van der Waals surface area contributed by atoms with Crippen LogP contribution in [-0.2, 0) is 11.4 Å². The molecule has 0 saturated carbocycles. The normalized spacial score (nSPS) is 10.7. The largest absolute Gasteiger partial charge is 0.495 e. The summed E-state index contributed by atoms with van der Waals surface area (Å²) >= 11 is 9.73. The Bertz CT molecular complexity index is 1260. The molecule has 8 nitrogen and oxygen atoms in total. The number of carbonyl (C=O) groups excluding carboxylic acids is 1. The lowest BCUT2D eigenvalue weighted by Gasteiger charge is -2.15. The highest BCUT2D eigenvalue weighted by Gasteiger charge is 2.14. The molecule has 0 aliphatic rings. The van der Waals surface area contributed by atoms with Gasteiger partial charge in [0, 0.05) is 28.8 Å². The fraction of sp³-hybridized carbons (Fsp3) is 0.160. The van der Waals surface area contributed by atoms with E-state index in [-0.39, 0.29) is 18.0 Å². The highest BCUT2D eigenvalue weighted by atomic mass is 79.9. The molecule has 0 aromatic heterocycles. The van der Waals surface area contributed by atoms with Crippen molar-refractivity contribution >= 4 is 50.9 Å². The van der Waals surface area contributed by atoms with E-state index in [2.05, 4.69) is 21.2 Å². The number of methoxy groups -OCH3 is 1. The molecular formula is C25H22BrClN2O6. The third-order valence-electron chi connectivity index (χ3n) is 4.74. The second-order valence-corrected chi connectivity index (χ2v) is 8.37. The van der Waals surface area contributed by atoms with Gasteiger partial charge in [-0.1, -0.05) is 29.8 Å². The summed E-state index contributed by atoms with van der Waals surface area (Å²) in [5.74, 6) is 0.819. The number of hydrogen-bond acceptors (Lipinski definition) is 6. The van der Waals surface area contributed by atoms with E-state index in [9.17, 15) is 14.9 Å². The van der Waals surface area contributed by atoms with Gasteiger partial charge in [-0.15, -0.1) is 0 Å². The number of nitro groups is 1. The molecule has 3 aromatic rings. The molecule has 0 unspecified atom stereocenters. The lowest BCUT2D eigenvalue weighted by atomic mass is 10.1. The fourth-order valence-corrected chi connectivity index (χ4v) is 3.87. The number of non-ortho nitro benzene ring substituents is 1. The van der Waals surface area contributed by atoms with Crippen molar-refractivity contribution in [1.29, 1.82) is 0 Å². The maximum absolute atomic E-state index is 12.5. The Morgan fingerprint density at radius 3 is 2.60 bits per heavy atom. The lowest BCUT2D eigenvalue weighted by molar-refractivity contribution is -0.384. The van der Waals surface area contributed by atoms with Gasteiger partial charge in [0.2, 0.25) is 5.91 Å². The second kappa shape index (κ2) is 12.2. The zero-order valence-corrected chi connectivity index (χ0v) is 21.3. The van der Waals surface area contributed by atoms with E-state index < -0.39 is 10.8 Å². The number of nitro benzene ring substituents is 1. The number of ether oxygens (including phenoxy) is 3. The molecule has 0 atom stereocenters. The standard InChI is InChI=1S/C25H22BrClN2O6/c1-3-34-23-13-16(12-19(26)25(23)35-15-17-6-4-5-7-20(17)27)8-11-24(30)28-21-14-18(29(31)32)9-10-22(21)33-2/h4-14H,3,15H2,1-2H3,(H,28,30)/b11-8+. The summed E-state index contributed by atoms with van der Waals surface area (Å²) in [5.41, 5.74) is 1.53. The monoisotopic (exact) mass is 560 g/mol. The van der Waals surface area contributed by atoms with Crippen molar-refractivity contribution < 1.29 is 23.9 Å². The lowest BCUT2D eigenvalue weighted by Crippen LogP contribution is -2.09. The Balaban J connectivity index is 1.78. The summed E-state index contributed by atoms with van der Waals surface area (Å²) in [6.07, 6.45) is 2.89. The van der Waals surface area contributed by atoms with E-state index in [4.69, 9.17) is 25.8 Å². The van der Waals surface area contributed by atoms with E-state index >= 15 is 0 Å². The van der Waals surface area contributed by atoms with Crippen molar-refractivity contribution in [3.63, 3.8) is 0 Å². The van der Waals surface area contributed by atoms with E-state index in [1.165, 1.54) is 31.4 Å². The van der Waals surface area contributed by atoms with Gasteiger partial charge in [-0.2, -0.15) is 0 Å². The molecule has 0 aliphatic carbocycles. The van der Waals surface area contributed by atoms with E-state index in [0.717, 1.165) is 5.56 Å². The zero-order chi connectivity index (χ0) is 25.4. The molecule has 0 spiro atoms. The number of halogens is 2. The van der Waals surface area contributed by atoms with Crippen LogP contribution in [0.25, 0.3) is 6.08 Å².